The molecular weight excluding hydrogens is 508 g/mol. The third kappa shape index (κ3) is 13.1. The van der Waals surface area contributed by atoms with Gasteiger partial charge in [-0.05, 0) is 58.9 Å². The molecule has 0 aliphatic rings. The second kappa shape index (κ2) is 15.4. The molecule has 0 bridgehead atoms. The second-order valence-corrected chi connectivity index (χ2v) is 12.4. The standard InChI is InChI=1S/C16H25NO3.C16H23NO3/c2*1-11(2)13(17-15(19)20-16(3,4)5)14(18)12-9-7-6-8-10-12/h6-11,13-14,18H,1-5H3,(H,17,19);6-11,13H,1-5H3,(H,17,19)/t13-,14?;13-/m00/s1. The number of carbonyl (C=O) groups excluding carboxylic acids is 3. The molecule has 8 nitrogen and oxygen atoms in total. The zero-order valence-electron chi connectivity index (χ0n) is 25.6. The summed E-state index contributed by atoms with van der Waals surface area (Å²) < 4.78 is 10.4. The molecule has 0 aromatic heterocycles. The number of amides is 2. The van der Waals surface area contributed by atoms with Crippen molar-refractivity contribution in [1.82, 2.24) is 10.6 Å². The van der Waals surface area contributed by atoms with Gasteiger partial charge in [-0.15, -0.1) is 0 Å². The monoisotopic (exact) mass is 556 g/mol. The third-order valence-electron chi connectivity index (χ3n) is 5.56. The van der Waals surface area contributed by atoms with Gasteiger partial charge in [-0.25, -0.2) is 9.59 Å². The molecule has 1 unspecified atom stereocenters. The van der Waals surface area contributed by atoms with Gasteiger partial charge in [0.25, 0.3) is 0 Å². The molecule has 3 N–H and O–H groups in total. The van der Waals surface area contributed by atoms with E-state index in [9.17, 15) is 19.5 Å². The Hall–Kier alpha value is -3.39. The Morgan fingerprint density at radius 2 is 1.10 bits per heavy atom. The van der Waals surface area contributed by atoms with E-state index in [0.717, 1.165) is 5.56 Å². The first-order valence-electron chi connectivity index (χ1n) is 13.7. The Morgan fingerprint density at radius 1 is 0.675 bits per heavy atom. The minimum atomic E-state index is -0.760. The number of ether oxygens (including phenoxy) is 2. The van der Waals surface area contributed by atoms with Gasteiger partial charge in [0, 0.05) is 5.56 Å². The molecule has 0 saturated carbocycles. The van der Waals surface area contributed by atoms with Gasteiger partial charge in [-0.2, -0.15) is 0 Å². The summed E-state index contributed by atoms with van der Waals surface area (Å²) in [6.45, 7) is 18.5. The Labute approximate surface area is 239 Å². The maximum absolute atomic E-state index is 12.4. The molecular formula is C32H48N2O6. The Kier molecular flexibility index (Phi) is 13.3. The van der Waals surface area contributed by atoms with Crippen molar-refractivity contribution in [2.75, 3.05) is 0 Å². The van der Waals surface area contributed by atoms with Gasteiger partial charge >= 0.3 is 12.2 Å². The minimum Gasteiger partial charge on any atom is -0.444 e. The van der Waals surface area contributed by atoms with E-state index in [4.69, 9.17) is 9.47 Å². The Bertz CT molecular complexity index is 1060. The van der Waals surface area contributed by atoms with Crippen molar-refractivity contribution in [2.24, 2.45) is 11.8 Å². The Morgan fingerprint density at radius 3 is 1.50 bits per heavy atom. The maximum atomic E-state index is 12.4. The van der Waals surface area contributed by atoms with Crippen LogP contribution in [0.25, 0.3) is 0 Å². The topological polar surface area (TPSA) is 114 Å². The lowest BCUT2D eigenvalue weighted by molar-refractivity contribution is 0.0373. The van der Waals surface area contributed by atoms with E-state index in [1.807, 2.05) is 84.9 Å². The van der Waals surface area contributed by atoms with E-state index in [0.29, 0.717) is 5.56 Å². The molecule has 2 amide bonds. The average molecular weight is 557 g/mol. The molecule has 0 radical (unpaired) electrons. The summed E-state index contributed by atoms with van der Waals surface area (Å²) in [5.74, 6) is -0.0422. The van der Waals surface area contributed by atoms with Gasteiger partial charge in [0.1, 0.15) is 11.2 Å². The fourth-order valence-corrected chi connectivity index (χ4v) is 3.66. The quantitative estimate of drug-likeness (QED) is 0.312. The van der Waals surface area contributed by atoms with Gasteiger partial charge in [-0.1, -0.05) is 88.4 Å². The summed E-state index contributed by atoms with van der Waals surface area (Å²) in [5.41, 5.74) is 0.231. The number of Topliss-reactive ketones (excluding diaryl/α,β-unsaturated/α-hetero) is 1. The highest BCUT2D eigenvalue weighted by Gasteiger charge is 2.29. The fourth-order valence-electron chi connectivity index (χ4n) is 3.66. The molecule has 0 spiro atoms. The highest BCUT2D eigenvalue weighted by molar-refractivity contribution is 6.01. The first-order valence-corrected chi connectivity index (χ1v) is 13.7. The summed E-state index contributed by atoms with van der Waals surface area (Å²) in [5, 5.41) is 15.8. The number of carbonyl (C=O) groups is 3. The van der Waals surface area contributed by atoms with Crippen molar-refractivity contribution in [3.05, 3.63) is 71.8 Å². The number of benzene rings is 2. The highest BCUT2D eigenvalue weighted by Crippen LogP contribution is 2.22. The van der Waals surface area contributed by atoms with Crippen LogP contribution in [0.4, 0.5) is 9.59 Å². The van der Waals surface area contributed by atoms with Crippen molar-refractivity contribution >= 4 is 18.0 Å². The molecule has 0 fully saturated rings. The predicted octanol–water partition coefficient (Wildman–Crippen LogP) is 6.69. The summed E-state index contributed by atoms with van der Waals surface area (Å²) in [6.07, 6.45) is -1.84. The summed E-state index contributed by atoms with van der Waals surface area (Å²) in [7, 11) is 0. The molecule has 222 valence electrons. The molecule has 3 atom stereocenters. The number of hydrogen-bond donors (Lipinski definition) is 3. The number of rotatable bonds is 8. The van der Waals surface area contributed by atoms with Crippen molar-refractivity contribution < 1.29 is 29.0 Å². The first-order chi connectivity index (χ1) is 18.4. The normalized spacial score (nSPS) is 13.8. The van der Waals surface area contributed by atoms with Crippen LogP contribution in [0, 0.1) is 11.8 Å². The van der Waals surface area contributed by atoms with Crippen LogP contribution in [0.3, 0.4) is 0 Å². The number of aliphatic hydroxyl groups is 1. The van der Waals surface area contributed by atoms with Crippen molar-refractivity contribution in [2.45, 2.75) is 98.6 Å². The fraction of sp³-hybridized carbons (Fsp3) is 0.531. The van der Waals surface area contributed by atoms with Crippen LogP contribution in [0.2, 0.25) is 0 Å². The lowest BCUT2D eigenvalue weighted by Gasteiger charge is -2.29. The van der Waals surface area contributed by atoms with Gasteiger partial charge in [0.2, 0.25) is 0 Å². The SMILES string of the molecule is CC(C)[C@H](NC(=O)OC(C)(C)C)C(=O)c1ccccc1.CC(C)[C@H](NC(=O)OC(C)(C)C)C(O)c1ccccc1. The molecule has 0 aliphatic carbocycles. The van der Waals surface area contributed by atoms with Gasteiger partial charge < -0.3 is 25.2 Å². The zero-order valence-corrected chi connectivity index (χ0v) is 25.6. The number of ketones is 1. The lowest BCUT2D eigenvalue weighted by Crippen LogP contribution is -2.46. The third-order valence-corrected chi connectivity index (χ3v) is 5.56. The van der Waals surface area contributed by atoms with Crippen molar-refractivity contribution in [3.8, 4) is 0 Å². The van der Waals surface area contributed by atoms with Crippen LogP contribution in [0.1, 0.15) is 91.3 Å². The van der Waals surface area contributed by atoms with Crippen LogP contribution in [0.5, 0.6) is 0 Å². The molecule has 0 heterocycles. The van der Waals surface area contributed by atoms with E-state index < -0.39 is 41.6 Å². The van der Waals surface area contributed by atoms with E-state index in [-0.39, 0.29) is 17.6 Å². The molecule has 0 saturated heterocycles. The molecule has 8 heteroatoms. The van der Waals surface area contributed by atoms with E-state index in [2.05, 4.69) is 10.6 Å². The summed E-state index contributed by atoms with van der Waals surface area (Å²) in [4.78, 5) is 36.1. The predicted molar refractivity (Wildman–Crippen MR) is 158 cm³/mol. The zero-order chi connectivity index (χ0) is 30.7. The molecule has 2 aromatic rings. The number of hydrogen-bond acceptors (Lipinski definition) is 6. The van der Waals surface area contributed by atoms with Crippen LogP contribution in [-0.2, 0) is 9.47 Å². The second-order valence-electron chi connectivity index (χ2n) is 12.4. The van der Waals surface area contributed by atoms with Crippen LogP contribution in [0.15, 0.2) is 60.7 Å². The van der Waals surface area contributed by atoms with E-state index in [1.165, 1.54) is 0 Å². The largest absolute Gasteiger partial charge is 0.444 e. The van der Waals surface area contributed by atoms with Crippen molar-refractivity contribution in [1.29, 1.82) is 0 Å². The van der Waals surface area contributed by atoms with Crippen molar-refractivity contribution in [3.63, 3.8) is 0 Å². The molecule has 2 aromatic carbocycles. The van der Waals surface area contributed by atoms with E-state index >= 15 is 0 Å². The van der Waals surface area contributed by atoms with Crippen LogP contribution in [-0.4, -0.2) is 46.4 Å². The van der Waals surface area contributed by atoms with Crippen LogP contribution >= 0.6 is 0 Å². The van der Waals surface area contributed by atoms with Gasteiger partial charge in [0.15, 0.2) is 5.78 Å². The average Bonchev–Trinajstić information content (AvgIpc) is 2.84. The summed E-state index contributed by atoms with van der Waals surface area (Å²) in [6, 6.07) is 17.3. The maximum Gasteiger partial charge on any atom is 0.408 e. The lowest BCUT2D eigenvalue weighted by atomic mass is 9.93. The highest BCUT2D eigenvalue weighted by atomic mass is 16.6. The number of aliphatic hydroxyl groups excluding tert-OH is 1. The first kappa shape index (κ1) is 34.6. The Balaban J connectivity index is 0.000000400. The number of alkyl carbamates (subject to hydrolysis) is 2. The van der Waals surface area contributed by atoms with Gasteiger partial charge in [0.05, 0.1) is 18.2 Å². The molecule has 2 rings (SSSR count). The number of nitrogens with one attached hydrogen (secondary N) is 2. The van der Waals surface area contributed by atoms with Crippen LogP contribution < -0.4 is 10.6 Å². The van der Waals surface area contributed by atoms with Gasteiger partial charge in [-0.3, -0.25) is 4.79 Å². The van der Waals surface area contributed by atoms with E-state index in [1.54, 1.807) is 45.0 Å². The summed E-state index contributed by atoms with van der Waals surface area (Å²) >= 11 is 0. The minimum absolute atomic E-state index is 0.0183. The smallest absolute Gasteiger partial charge is 0.408 e. The molecule has 0 aliphatic heterocycles. The molecule has 40 heavy (non-hydrogen) atoms.